The number of hydrogen-bond donors (Lipinski definition) is 0. The van der Waals surface area contributed by atoms with Crippen LogP contribution in [-0.4, -0.2) is 34.6 Å². The Balaban J connectivity index is 2.09. The van der Waals surface area contributed by atoms with Crippen LogP contribution >= 0.6 is 0 Å². The van der Waals surface area contributed by atoms with Gasteiger partial charge in [0.15, 0.2) is 5.82 Å². The molecule has 0 radical (unpaired) electrons. The maximum atomic E-state index is 5.60. The maximum Gasteiger partial charge on any atom is 0.164 e. The minimum Gasteiger partial charge on any atom is -0.376 e. The SMILES string of the molecule is CC(C)Cn1cnnc1C1COCCO1. The van der Waals surface area contributed by atoms with Crippen LogP contribution in [0.2, 0.25) is 0 Å². The molecule has 1 unspecified atom stereocenters. The van der Waals surface area contributed by atoms with Crippen LogP contribution in [0.1, 0.15) is 25.8 Å². The summed E-state index contributed by atoms with van der Waals surface area (Å²) in [6.07, 6.45) is 1.70. The van der Waals surface area contributed by atoms with E-state index in [4.69, 9.17) is 9.47 Å². The molecule has 1 aromatic rings. The highest BCUT2D eigenvalue weighted by Crippen LogP contribution is 2.19. The molecule has 1 aromatic heterocycles. The number of nitrogens with zero attached hydrogens (tertiary/aromatic N) is 3. The zero-order valence-electron chi connectivity index (χ0n) is 9.22. The Kier molecular flexibility index (Phi) is 3.33. The third-order valence-electron chi connectivity index (χ3n) is 2.31. The van der Waals surface area contributed by atoms with Crippen molar-refractivity contribution in [3.8, 4) is 0 Å². The molecule has 0 saturated carbocycles. The highest BCUT2D eigenvalue weighted by atomic mass is 16.6. The summed E-state index contributed by atoms with van der Waals surface area (Å²) in [6.45, 7) is 7.15. The summed E-state index contributed by atoms with van der Waals surface area (Å²) in [5, 5.41) is 8.03. The summed E-state index contributed by atoms with van der Waals surface area (Å²) in [5.74, 6) is 1.45. The smallest absolute Gasteiger partial charge is 0.164 e. The first-order valence-corrected chi connectivity index (χ1v) is 5.34. The van der Waals surface area contributed by atoms with Crippen molar-refractivity contribution in [3.05, 3.63) is 12.2 Å². The van der Waals surface area contributed by atoms with Gasteiger partial charge in [-0.05, 0) is 5.92 Å². The monoisotopic (exact) mass is 211 g/mol. The maximum absolute atomic E-state index is 5.60. The average Bonchev–Trinajstić information content (AvgIpc) is 2.66. The second-order valence-corrected chi connectivity index (χ2v) is 4.17. The molecule has 1 aliphatic rings. The Hall–Kier alpha value is -0.940. The highest BCUT2D eigenvalue weighted by molar-refractivity contribution is 4.93. The lowest BCUT2D eigenvalue weighted by Gasteiger charge is -2.22. The minimum absolute atomic E-state index is 0.0556. The Morgan fingerprint density at radius 3 is 3.07 bits per heavy atom. The van der Waals surface area contributed by atoms with E-state index < -0.39 is 0 Å². The van der Waals surface area contributed by atoms with Crippen molar-refractivity contribution in [3.63, 3.8) is 0 Å². The van der Waals surface area contributed by atoms with Crippen LogP contribution in [0.5, 0.6) is 0 Å². The van der Waals surface area contributed by atoms with E-state index >= 15 is 0 Å². The molecule has 1 fully saturated rings. The van der Waals surface area contributed by atoms with Gasteiger partial charge in [0, 0.05) is 6.54 Å². The van der Waals surface area contributed by atoms with E-state index in [1.807, 2.05) is 4.57 Å². The average molecular weight is 211 g/mol. The third kappa shape index (κ3) is 2.54. The summed E-state index contributed by atoms with van der Waals surface area (Å²) < 4.78 is 13.0. The van der Waals surface area contributed by atoms with Crippen LogP contribution in [0.3, 0.4) is 0 Å². The Morgan fingerprint density at radius 1 is 1.53 bits per heavy atom. The molecule has 0 spiro atoms. The number of aromatic nitrogens is 3. The van der Waals surface area contributed by atoms with Gasteiger partial charge in [0.2, 0.25) is 0 Å². The Morgan fingerprint density at radius 2 is 2.40 bits per heavy atom. The van der Waals surface area contributed by atoms with Gasteiger partial charge in [-0.1, -0.05) is 13.8 Å². The van der Waals surface area contributed by atoms with Crippen molar-refractivity contribution >= 4 is 0 Å². The van der Waals surface area contributed by atoms with Crippen LogP contribution in [0.15, 0.2) is 6.33 Å². The molecule has 0 amide bonds. The van der Waals surface area contributed by atoms with E-state index in [0.29, 0.717) is 25.7 Å². The topological polar surface area (TPSA) is 49.2 Å². The summed E-state index contributed by atoms with van der Waals surface area (Å²) in [7, 11) is 0. The summed E-state index contributed by atoms with van der Waals surface area (Å²) >= 11 is 0. The molecule has 1 atom stereocenters. The summed E-state index contributed by atoms with van der Waals surface area (Å²) in [4.78, 5) is 0. The first-order chi connectivity index (χ1) is 7.27. The molecule has 1 saturated heterocycles. The lowest BCUT2D eigenvalue weighted by atomic mass is 10.2. The zero-order valence-corrected chi connectivity index (χ0v) is 9.22. The van der Waals surface area contributed by atoms with E-state index in [1.54, 1.807) is 6.33 Å². The van der Waals surface area contributed by atoms with Gasteiger partial charge in [-0.15, -0.1) is 10.2 Å². The van der Waals surface area contributed by atoms with E-state index in [9.17, 15) is 0 Å². The first-order valence-electron chi connectivity index (χ1n) is 5.34. The van der Waals surface area contributed by atoms with Crippen molar-refractivity contribution in [2.45, 2.75) is 26.5 Å². The Bertz CT molecular complexity index is 305. The molecule has 5 nitrogen and oxygen atoms in total. The molecule has 0 bridgehead atoms. The molecular weight excluding hydrogens is 194 g/mol. The fourth-order valence-electron chi connectivity index (χ4n) is 1.68. The molecule has 84 valence electrons. The fraction of sp³-hybridized carbons (Fsp3) is 0.800. The van der Waals surface area contributed by atoms with Gasteiger partial charge in [-0.3, -0.25) is 0 Å². The van der Waals surface area contributed by atoms with Crippen LogP contribution in [-0.2, 0) is 16.0 Å². The molecular formula is C10H17N3O2. The molecule has 2 rings (SSSR count). The van der Waals surface area contributed by atoms with Crippen molar-refractivity contribution in [2.75, 3.05) is 19.8 Å². The molecule has 5 heteroatoms. The van der Waals surface area contributed by atoms with E-state index in [1.165, 1.54) is 0 Å². The van der Waals surface area contributed by atoms with Gasteiger partial charge in [0.1, 0.15) is 12.4 Å². The summed E-state index contributed by atoms with van der Waals surface area (Å²) in [6, 6.07) is 0. The molecule has 2 heterocycles. The summed E-state index contributed by atoms with van der Waals surface area (Å²) in [5.41, 5.74) is 0. The van der Waals surface area contributed by atoms with Gasteiger partial charge < -0.3 is 14.0 Å². The largest absolute Gasteiger partial charge is 0.376 e. The number of hydrogen-bond acceptors (Lipinski definition) is 4. The zero-order chi connectivity index (χ0) is 10.7. The van der Waals surface area contributed by atoms with Crippen LogP contribution in [0, 0.1) is 5.92 Å². The van der Waals surface area contributed by atoms with Gasteiger partial charge in [-0.25, -0.2) is 0 Å². The predicted molar refractivity (Wildman–Crippen MR) is 54.4 cm³/mol. The van der Waals surface area contributed by atoms with Crippen LogP contribution in [0.25, 0.3) is 0 Å². The molecule has 0 aromatic carbocycles. The van der Waals surface area contributed by atoms with Gasteiger partial charge >= 0.3 is 0 Å². The molecule has 1 aliphatic heterocycles. The normalized spacial score (nSPS) is 22.2. The third-order valence-corrected chi connectivity index (χ3v) is 2.31. The van der Waals surface area contributed by atoms with Crippen molar-refractivity contribution in [1.29, 1.82) is 0 Å². The predicted octanol–water partition coefficient (Wildman–Crippen LogP) is 1.02. The van der Waals surface area contributed by atoms with Crippen molar-refractivity contribution in [2.24, 2.45) is 5.92 Å². The van der Waals surface area contributed by atoms with Crippen LogP contribution in [0.4, 0.5) is 0 Å². The minimum atomic E-state index is -0.0556. The highest BCUT2D eigenvalue weighted by Gasteiger charge is 2.22. The second kappa shape index (κ2) is 4.72. The standard InChI is InChI=1S/C10H17N3O2/c1-8(2)5-13-7-11-12-10(13)9-6-14-3-4-15-9/h7-9H,3-6H2,1-2H3. The van der Waals surface area contributed by atoms with Gasteiger partial charge in [-0.2, -0.15) is 0 Å². The fourth-order valence-corrected chi connectivity index (χ4v) is 1.68. The van der Waals surface area contributed by atoms with Crippen LogP contribution < -0.4 is 0 Å². The molecule has 0 N–H and O–H groups in total. The first kappa shape index (κ1) is 10.6. The van der Waals surface area contributed by atoms with Gasteiger partial charge in [0.05, 0.1) is 19.8 Å². The molecule has 0 aliphatic carbocycles. The van der Waals surface area contributed by atoms with Crippen molar-refractivity contribution in [1.82, 2.24) is 14.8 Å². The quantitative estimate of drug-likeness (QED) is 0.749. The van der Waals surface area contributed by atoms with E-state index in [0.717, 1.165) is 12.4 Å². The lowest BCUT2D eigenvalue weighted by molar-refractivity contribution is -0.0949. The van der Waals surface area contributed by atoms with E-state index in [2.05, 4.69) is 24.0 Å². The Labute approximate surface area is 89.4 Å². The second-order valence-electron chi connectivity index (χ2n) is 4.17. The lowest BCUT2D eigenvalue weighted by Crippen LogP contribution is -2.25. The number of ether oxygens (including phenoxy) is 2. The molecule has 15 heavy (non-hydrogen) atoms. The van der Waals surface area contributed by atoms with E-state index in [-0.39, 0.29) is 6.10 Å². The van der Waals surface area contributed by atoms with Gasteiger partial charge in [0.25, 0.3) is 0 Å². The number of rotatable bonds is 3. The van der Waals surface area contributed by atoms with Crippen molar-refractivity contribution < 1.29 is 9.47 Å².